The molecule has 0 bridgehead atoms. The van der Waals surface area contributed by atoms with E-state index in [0.717, 1.165) is 12.2 Å². The Balaban J connectivity index is 3.04. The SMILES string of the molecule is CCN(c1ccc(C(C)O)c(O)c1)C(C)C. The number of phenols is 1. The van der Waals surface area contributed by atoms with Crippen molar-refractivity contribution in [3.05, 3.63) is 23.8 Å². The zero-order valence-corrected chi connectivity index (χ0v) is 10.4. The quantitative estimate of drug-likeness (QED) is 0.824. The third-order valence-corrected chi connectivity index (χ3v) is 2.76. The summed E-state index contributed by atoms with van der Waals surface area (Å²) in [5, 5.41) is 19.2. The molecule has 0 spiro atoms. The van der Waals surface area contributed by atoms with Crippen molar-refractivity contribution in [2.75, 3.05) is 11.4 Å². The molecule has 0 radical (unpaired) electrons. The van der Waals surface area contributed by atoms with Crippen molar-refractivity contribution >= 4 is 5.69 Å². The fourth-order valence-corrected chi connectivity index (χ4v) is 1.91. The van der Waals surface area contributed by atoms with E-state index in [1.165, 1.54) is 0 Å². The lowest BCUT2D eigenvalue weighted by molar-refractivity contribution is 0.195. The lowest BCUT2D eigenvalue weighted by Gasteiger charge is -2.28. The van der Waals surface area contributed by atoms with Crippen LogP contribution in [-0.2, 0) is 0 Å². The predicted octanol–water partition coefficient (Wildman–Crippen LogP) is 2.68. The molecule has 0 aromatic heterocycles. The van der Waals surface area contributed by atoms with E-state index in [2.05, 4.69) is 25.7 Å². The minimum Gasteiger partial charge on any atom is -0.507 e. The Labute approximate surface area is 97.3 Å². The Morgan fingerprint density at radius 2 is 1.88 bits per heavy atom. The van der Waals surface area contributed by atoms with Gasteiger partial charge in [0.1, 0.15) is 5.75 Å². The number of anilines is 1. The molecule has 0 amide bonds. The molecule has 1 atom stereocenters. The van der Waals surface area contributed by atoms with Crippen molar-refractivity contribution in [2.24, 2.45) is 0 Å². The first-order valence-electron chi connectivity index (χ1n) is 5.75. The summed E-state index contributed by atoms with van der Waals surface area (Å²) < 4.78 is 0. The van der Waals surface area contributed by atoms with Gasteiger partial charge in [0.2, 0.25) is 0 Å². The fraction of sp³-hybridized carbons (Fsp3) is 0.538. The third kappa shape index (κ3) is 2.67. The molecular formula is C13H21NO2. The van der Waals surface area contributed by atoms with Crippen LogP contribution in [0.25, 0.3) is 0 Å². The molecule has 2 N–H and O–H groups in total. The summed E-state index contributed by atoms with van der Waals surface area (Å²) in [6.45, 7) is 8.85. The van der Waals surface area contributed by atoms with Crippen LogP contribution >= 0.6 is 0 Å². The molecule has 0 heterocycles. The second kappa shape index (κ2) is 5.21. The second-order valence-corrected chi connectivity index (χ2v) is 4.30. The van der Waals surface area contributed by atoms with E-state index >= 15 is 0 Å². The average molecular weight is 223 g/mol. The van der Waals surface area contributed by atoms with E-state index in [9.17, 15) is 10.2 Å². The lowest BCUT2D eigenvalue weighted by atomic mass is 10.1. The van der Waals surface area contributed by atoms with Crippen LogP contribution in [0.4, 0.5) is 5.69 Å². The number of aliphatic hydroxyl groups is 1. The second-order valence-electron chi connectivity index (χ2n) is 4.30. The number of phenolic OH excluding ortho intramolecular Hbond substituents is 1. The normalized spacial score (nSPS) is 12.9. The molecule has 0 aliphatic carbocycles. The Morgan fingerprint density at radius 3 is 2.25 bits per heavy atom. The number of nitrogens with zero attached hydrogens (tertiary/aromatic N) is 1. The van der Waals surface area contributed by atoms with Crippen LogP contribution in [0.3, 0.4) is 0 Å². The van der Waals surface area contributed by atoms with Crippen molar-refractivity contribution < 1.29 is 10.2 Å². The molecule has 3 heteroatoms. The smallest absolute Gasteiger partial charge is 0.123 e. The van der Waals surface area contributed by atoms with Gasteiger partial charge in [-0.2, -0.15) is 0 Å². The highest BCUT2D eigenvalue weighted by Crippen LogP contribution is 2.29. The first-order chi connectivity index (χ1) is 7.47. The molecule has 16 heavy (non-hydrogen) atoms. The van der Waals surface area contributed by atoms with Gasteiger partial charge in [-0.25, -0.2) is 0 Å². The van der Waals surface area contributed by atoms with Gasteiger partial charge in [-0.1, -0.05) is 6.07 Å². The maximum absolute atomic E-state index is 9.80. The average Bonchev–Trinajstić information content (AvgIpc) is 2.17. The zero-order valence-electron chi connectivity index (χ0n) is 10.4. The summed E-state index contributed by atoms with van der Waals surface area (Å²) in [5.74, 6) is 0.159. The van der Waals surface area contributed by atoms with E-state index in [1.807, 2.05) is 6.07 Å². The number of aromatic hydroxyl groups is 1. The largest absolute Gasteiger partial charge is 0.507 e. The first kappa shape index (κ1) is 12.8. The molecule has 90 valence electrons. The van der Waals surface area contributed by atoms with Gasteiger partial charge in [-0.15, -0.1) is 0 Å². The number of hydrogen-bond donors (Lipinski definition) is 2. The topological polar surface area (TPSA) is 43.7 Å². The van der Waals surface area contributed by atoms with Gasteiger partial charge in [0, 0.05) is 29.9 Å². The summed E-state index contributed by atoms with van der Waals surface area (Å²) in [6, 6.07) is 5.82. The number of benzene rings is 1. The summed E-state index contributed by atoms with van der Waals surface area (Å²) >= 11 is 0. The summed E-state index contributed by atoms with van der Waals surface area (Å²) in [7, 11) is 0. The Bertz CT molecular complexity index is 348. The van der Waals surface area contributed by atoms with Crippen molar-refractivity contribution in [1.82, 2.24) is 0 Å². The Kier molecular flexibility index (Phi) is 4.19. The highest BCUT2D eigenvalue weighted by molar-refractivity contribution is 5.54. The fourth-order valence-electron chi connectivity index (χ4n) is 1.91. The molecular weight excluding hydrogens is 202 g/mol. The standard InChI is InChI=1S/C13H21NO2/c1-5-14(9(2)3)11-6-7-12(10(4)15)13(16)8-11/h6-10,15-16H,5H2,1-4H3. The maximum Gasteiger partial charge on any atom is 0.123 e. The molecule has 0 aliphatic heterocycles. The minimum absolute atomic E-state index is 0.159. The van der Waals surface area contributed by atoms with Gasteiger partial charge >= 0.3 is 0 Å². The van der Waals surface area contributed by atoms with Crippen LogP contribution in [0.1, 0.15) is 39.4 Å². The third-order valence-electron chi connectivity index (χ3n) is 2.76. The molecule has 1 aromatic carbocycles. The molecule has 1 rings (SSSR count). The first-order valence-corrected chi connectivity index (χ1v) is 5.75. The highest BCUT2D eigenvalue weighted by Gasteiger charge is 2.12. The molecule has 1 aromatic rings. The summed E-state index contributed by atoms with van der Waals surface area (Å²) in [4.78, 5) is 2.19. The molecule has 0 aliphatic rings. The van der Waals surface area contributed by atoms with E-state index < -0.39 is 6.10 Å². The zero-order chi connectivity index (χ0) is 12.3. The van der Waals surface area contributed by atoms with Crippen molar-refractivity contribution in [3.63, 3.8) is 0 Å². The number of rotatable bonds is 4. The maximum atomic E-state index is 9.80. The van der Waals surface area contributed by atoms with E-state index in [-0.39, 0.29) is 5.75 Å². The molecule has 1 unspecified atom stereocenters. The molecule has 0 saturated heterocycles. The Hall–Kier alpha value is -1.22. The van der Waals surface area contributed by atoms with E-state index in [0.29, 0.717) is 11.6 Å². The van der Waals surface area contributed by atoms with Crippen LogP contribution in [0, 0.1) is 0 Å². The van der Waals surface area contributed by atoms with E-state index in [1.54, 1.807) is 19.1 Å². The van der Waals surface area contributed by atoms with Crippen LogP contribution in [0.5, 0.6) is 5.75 Å². The molecule has 0 saturated carbocycles. The van der Waals surface area contributed by atoms with Gasteiger partial charge in [-0.05, 0) is 33.8 Å². The van der Waals surface area contributed by atoms with Gasteiger partial charge in [0.15, 0.2) is 0 Å². The van der Waals surface area contributed by atoms with Gasteiger partial charge < -0.3 is 15.1 Å². The predicted molar refractivity (Wildman–Crippen MR) is 66.9 cm³/mol. The van der Waals surface area contributed by atoms with Crippen LogP contribution in [-0.4, -0.2) is 22.8 Å². The van der Waals surface area contributed by atoms with Crippen molar-refractivity contribution in [1.29, 1.82) is 0 Å². The van der Waals surface area contributed by atoms with Crippen LogP contribution in [0.2, 0.25) is 0 Å². The summed E-state index contributed by atoms with van der Waals surface area (Å²) in [5.41, 5.74) is 1.56. The highest BCUT2D eigenvalue weighted by atomic mass is 16.3. The van der Waals surface area contributed by atoms with Crippen molar-refractivity contribution in [3.8, 4) is 5.75 Å². The van der Waals surface area contributed by atoms with Gasteiger partial charge in [0.25, 0.3) is 0 Å². The number of aliphatic hydroxyl groups excluding tert-OH is 1. The van der Waals surface area contributed by atoms with Crippen molar-refractivity contribution in [2.45, 2.75) is 39.8 Å². The van der Waals surface area contributed by atoms with Gasteiger partial charge in [-0.3, -0.25) is 0 Å². The summed E-state index contributed by atoms with van der Waals surface area (Å²) in [6.07, 6.45) is -0.636. The van der Waals surface area contributed by atoms with Crippen LogP contribution in [0.15, 0.2) is 18.2 Å². The van der Waals surface area contributed by atoms with Gasteiger partial charge in [0.05, 0.1) is 6.10 Å². The van der Waals surface area contributed by atoms with Crippen LogP contribution < -0.4 is 4.90 Å². The minimum atomic E-state index is -0.636. The monoisotopic (exact) mass is 223 g/mol. The molecule has 3 nitrogen and oxygen atoms in total. The Morgan fingerprint density at radius 1 is 1.25 bits per heavy atom. The number of hydrogen-bond acceptors (Lipinski definition) is 3. The van der Waals surface area contributed by atoms with E-state index in [4.69, 9.17) is 0 Å². The molecule has 0 fully saturated rings. The lowest BCUT2D eigenvalue weighted by Crippen LogP contribution is -2.30.